The molecule has 0 saturated heterocycles. The van der Waals surface area contributed by atoms with Crippen molar-refractivity contribution in [2.24, 2.45) is 5.73 Å². The molecule has 24 heavy (non-hydrogen) atoms. The molecule has 0 aliphatic carbocycles. The predicted molar refractivity (Wildman–Crippen MR) is 98.7 cm³/mol. The first-order chi connectivity index (χ1) is 11.0. The van der Waals surface area contributed by atoms with Gasteiger partial charge >= 0.3 is 0 Å². The van der Waals surface area contributed by atoms with Crippen LogP contribution >= 0.6 is 11.3 Å². The molecular weight excluding hydrogens is 322 g/mol. The molecule has 0 aliphatic heterocycles. The molecule has 6 nitrogen and oxygen atoms in total. The molecule has 0 spiro atoms. The Bertz CT molecular complexity index is 718. The average molecular weight is 350 g/mol. The Balaban J connectivity index is 2.30. The topological polar surface area (TPSA) is 85.8 Å². The van der Waals surface area contributed by atoms with E-state index in [0.717, 1.165) is 10.7 Å². The molecule has 2 heterocycles. The number of nitrogens with one attached hydrogen (secondary N) is 1. The van der Waals surface area contributed by atoms with E-state index in [-0.39, 0.29) is 16.9 Å². The summed E-state index contributed by atoms with van der Waals surface area (Å²) in [5.41, 5.74) is 6.56. The number of nitrogens with two attached hydrogens (primary N) is 1. The first-order valence-corrected chi connectivity index (χ1v) is 8.97. The van der Waals surface area contributed by atoms with Crippen LogP contribution in [0.4, 0.5) is 5.82 Å². The van der Waals surface area contributed by atoms with Gasteiger partial charge in [0, 0.05) is 23.3 Å². The lowest BCUT2D eigenvalue weighted by Crippen LogP contribution is -2.27. The van der Waals surface area contributed by atoms with Gasteiger partial charge in [0.15, 0.2) is 0 Å². The molecule has 7 heteroatoms. The summed E-state index contributed by atoms with van der Waals surface area (Å²) in [6.45, 7) is 13.0. The summed E-state index contributed by atoms with van der Waals surface area (Å²) < 4.78 is 1.86. The van der Waals surface area contributed by atoms with Crippen molar-refractivity contribution in [3.8, 4) is 0 Å². The zero-order chi connectivity index (χ0) is 18.1. The van der Waals surface area contributed by atoms with Crippen LogP contribution in [0.1, 0.15) is 62.7 Å². The van der Waals surface area contributed by atoms with E-state index in [0.29, 0.717) is 24.5 Å². The van der Waals surface area contributed by atoms with Gasteiger partial charge in [0.2, 0.25) is 0 Å². The van der Waals surface area contributed by atoms with Crippen molar-refractivity contribution in [2.45, 2.75) is 58.9 Å². The third-order valence-electron chi connectivity index (χ3n) is 3.50. The molecule has 2 rings (SSSR count). The summed E-state index contributed by atoms with van der Waals surface area (Å²) in [5.74, 6) is 0.464. The molecule has 132 valence electrons. The normalized spacial score (nSPS) is 12.5. The molecule has 0 radical (unpaired) electrons. The molecule has 1 amide bonds. The molecule has 0 aromatic carbocycles. The summed E-state index contributed by atoms with van der Waals surface area (Å²) in [5, 5.41) is 10.3. The highest BCUT2D eigenvalue weighted by atomic mass is 32.1. The van der Waals surface area contributed by atoms with Gasteiger partial charge in [0.1, 0.15) is 11.5 Å². The molecular formula is C17H27N5OS. The number of amides is 1. The molecule has 0 aliphatic rings. The van der Waals surface area contributed by atoms with Crippen LogP contribution < -0.4 is 11.1 Å². The predicted octanol–water partition coefficient (Wildman–Crippen LogP) is 3.15. The fraction of sp³-hybridized carbons (Fsp3) is 0.588. The number of aromatic nitrogens is 3. The van der Waals surface area contributed by atoms with Crippen molar-refractivity contribution in [2.75, 3.05) is 11.9 Å². The van der Waals surface area contributed by atoms with Gasteiger partial charge in [0.05, 0.1) is 16.2 Å². The Kier molecular flexibility index (Phi) is 5.15. The van der Waals surface area contributed by atoms with E-state index in [9.17, 15) is 4.79 Å². The third-order valence-corrected chi connectivity index (χ3v) is 4.41. The summed E-state index contributed by atoms with van der Waals surface area (Å²) in [6.07, 6.45) is 0.687. The fourth-order valence-electron chi connectivity index (χ4n) is 2.18. The van der Waals surface area contributed by atoms with Crippen LogP contribution in [0.15, 0.2) is 11.4 Å². The van der Waals surface area contributed by atoms with Gasteiger partial charge in [0.25, 0.3) is 5.91 Å². The van der Waals surface area contributed by atoms with E-state index in [4.69, 9.17) is 10.8 Å². The highest BCUT2D eigenvalue weighted by molar-refractivity contribution is 7.09. The quantitative estimate of drug-likeness (QED) is 0.888. The van der Waals surface area contributed by atoms with Gasteiger partial charge in [-0.15, -0.1) is 11.3 Å². The SMILES string of the molecule is CC(C)(C)c1cc(NC(=O)c2csc(CCN)n2)n(C(C)(C)C)n1. The minimum atomic E-state index is -0.237. The highest BCUT2D eigenvalue weighted by Gasteiger charge is 2.26. The Morgan fingerprint density at radius 1 is 1.29 bits per heavy atom. The van der Waals surface area contributed by atoms with Gasteiger partial charge < -0.3 is 11.1 Å². The smallest absolute Gasteiger partial charge is 0.276 e. The van der Waals surface area contributed by atoms with Crippen molar-refractivity contribution in [1.29, 1.82) is 0 Å². The largest absolute Gasteiger partial charge is 0.330 e. The Hall–Kier alpha value is -1.73. The van der Waals surface area contributed by atoms with Crippen molar-refractivity contribution < 1.29 is 4.79 Å². The number of hydrogen-bond donors (Lipinski definition) is 2. The third kappa shape index (κ3) is 4.21. The number of thiazole rings is 1. The second-order valence-electron chi connectivity index (χ2n) is 7.87. The number of hydrogen-bond acceptors (Lipinski definition) is 5. The molecule has 0 unspecified atom stereocenters. The van der Waals surface area contributed by atoms with Crippen LogP contribution in [-0.4, -0.2) is 27.2 Å². The van der Waals surface area contributed by atoms with Crippen molar-refractivity contribution >= 4 is 23.1 Å². The second kappa shape index (κ2) is 6.64. The number of rotatable bonds is 4. The first kappa shape index (κ1) is 18.6. The lowest BCUT2D eigenvalue weighted by molar-refractivity contribution is 0.102. The Labute approximate surface area is 147 Å². The molecule has 0 saturated carbocycles. The van der Waals surface area contributed by atoms with E-state index in [1.165, 1.54) is 11.3 Å². The van der Waals surface area contributed by atoms with Crippen molar-refractivity contribution in [3.63, 3.8) is 0 Å². The van der Waals surface area contributed by atoms with Crippen LogP contribution in [0.3, 0.4) is 0 Å². The molecule has 3 N–H and O–H groups in total. The lowest BCUT2D eigenvalue weighted by Gasteiger charge is -2.22. The van der Waals surface area contributed by atoms with E-state index in [2.05, 4.69) is 51.8 Å². The summed E-state index contributed by atoms with van der Waals surface area (Å²) >= 11 is 1.46. The van der Waals surface area contributed by atoms with Crippen LogP contribution in [0.25, 0.3) is 0 Å². The maximum absolute atomic E-state index is 12.5. The lowest BCUT2D eigenvalue weighted by atomic mass is 9.92. The number of carbonyl (C=O) groups is 1. The molecule has 2 aromatic rings. The summed E-state index contributed by atoms with van der Waals surface area (Å²) in [7, 11) is 0. The summed E-state index contributed by atoms with van der Waals surface area (Å²) in [6, 6.07) is 1.94. The Morgan fingerprint density at radius 3 is 2.50 bits per heavy atom. The standard InChI is InChI=1S/C17H27N5OS/c1-16(2,3)12-9-13(22(21-12)17(4,5)6)20-15(23)11-10-24-14(19-11)7-8-18/h9-10H,7-8,18H2,1-6H3,(H,20,23). The van der Waals surface area contributed by atoms with E-state index < -0.39 is 0 Å². The van der Waals surface area contributed by atoms with Gasteiger partial charge in [-0.2, -0.15) is 5.10 Å². The maximum Gasteiger partial charge on any atom is 0.276 e. The molecule has 0 fully saturated rings. The average Bonchev–Trinajstić information content (AvgIpc) is 3.04. The van der Waals surface area contributed by atoms with Crippen LogP contribution in [0.2, 0.25) is 0 Å². The maximum atomic E-state index is 12.5. The second-order valence-corrected chi connectivity index (χ2v) is 8.81. The zero-order valence-electron chi connectivity index (χ0n) is 15.3. The minimum absolute atomic E-state index is 0.0924. The molecule has 2 aromatic heterocycles. The monoisotopic (exact) mass is 349 g/mol. The Morgan fingerprint density at radius 2 is 1.96 bits per heavy atom. The van der Waals surface area contributed by atoms with Crippen LogP contribution in [0.5, 0.6) is 0 Å². The van der Waals surface area contributed by atoms with E-state index in [1.54, 1.807) is 5.38 Å². The number of carbonyl (C=O) groups excluding carboxylic acids is 1. The summed E-state index contributed by atoms with van der Waals surface area (Å²) in [4.78, 5) is 16.9. The molecule has 0 atom stereocenters. The first-order valence-electron chi connectivity index (χ1n) is 8.09. The van der Waals surface area contributed by atoms with Crippen LogP contribution in [0, 0.1) is 0 Å². The molecule has 0 bridgehead atoms. The zero-order valence-corrected chi connectivity index (χ0v) is 16.1. The van der Waals surface area contributed by atoms with Crippen LogP contribution in [-0.2, 0) is 17.4 Å². The number of anilines is 1. The highest BCUT2D eigenvalue weighted by Crippen LogP contribution is 2.28. The van der Waals surface area contributed by atoms with Gasteiger partial charge in [-0.3, -0.25) is 4.79 Å². The van der Waals surface area contributed by atoms with Crippen molar-refractivity contribution in [3.05, 3.63) is 27.8 Å². The fourth-order valence-corrected chi connectivity index (χ4v) is 2.98. The van der Waals surface area contributed by atoms with Gasteiger partial charge in [-0.25, -0.2) is 9.67 Å². The number of nitrogens with zero attached hydrogens (tertiary/aromatic N) is 3. The van der Waals surface area contributed by atoms with E-state index in [1.807, 2.05) is 10.7 Å². The van der Waals surface area contributed by atoms with Crippen molar-refractivity contribution in [1.82, 2.24) is 14.8 Å². The van der Waals surface area contributed by atoms with Gasteiger partial charge in [-0.1, -0.05) is 20.8 Å². The van der Waals surface area contributed by atoms with Gasteiger partial charge in [-0.05, 0) is 27.3 Å². The minimum Gasteiger partial charge on any atom is -0.330 e. The van der Waals surface area contributed by atoms with E-state index >= 15 is 0 Å².